The summed E-state index contributed by atoms with van der Waals surface area (Å²) in [6.45, 7) is 1.92. The Morgan fingerprint density at radius 1 is 1.11 bits per heavy atom. The van der Waals surface area contributed by atoms with E-state index < -0.39 is 36.0 Å². The van der Waals surface area contributed by atoms with Gasteiger partial charge < -0.3 is 24.8 Å². The Kier molecular flexibility index (Phi) is 7.37. The molecule has 0 bridgehead atoms. The maximum absolute atomic E-state index is 13.2. The fourth-order valence-electron chi connectivity index (χ4n) is 4.76. The van der Waals surface area contributed by atoms with E-state index in [0.717, 1.165) is 22.3 Å². The lowest BCUT2D eigenvalue weighted by Gasteiger charge is -2.29. The smallest absolute Gasteiger partial charge is 0.407 e. The monoisotopic (exact) mass is 476 g/mol. The molecule has 2 aromatic rings. The second-order valence-electron chi connectivity index (χ2n) is 8.65. The zero-order valence-electron chi connectivity index (χ0n) is 19.7. The maximum atomic E-state index is 13.2. The van der Waals surface area contributed by atoms with E-state index in [4.69, 9.17) is 9.47 Å². The van der Waals surface area contributed by atoms with Gasteiger partial charge in [0.05, 0.1) is 19.3 Å². The molecule has 1 aliphatic heterocycles. The number of likely N-dealkylation sites (N-methyl/N-ethyl adjacent to an activating group) is 1. The third kappa shape index (κ3) is 5.00. The first-order valence-electron chi connectivity index (χ1n) is 11.5. The predicted molar refractivity (Wildman–Crippen MR) is 129 cm³/mol. The molecule has 2 aliphatic rings. The van der Waals surface area contributed by atoms with Crippen LogP contribution >= 0.6 is 0 Å². The highest BCUT2D eigenvalue weighted by Gasteiger charge is 2.40. The summed E-state index contributed by atoms with van der Waals surface area (Å²) >= 11 is 0. The molecule has 1 aliphatic carbocycles. The van der Waals surface area contributed by atoms with Crippen LogP contribution in [-0.4, -0.2) is 66.9 Å². The lowest BCUT2D eigenvalue weighted by Crippen LogP contribution is -2.53. The van der Waals surface area contributed by atoms with Gasteiger partial charge in [-0.15, -0.1) is 11.8 Å². The summed E-state index contributed by atoms with van der Waals surface area (Å²) in [4.78, 5) is 38.8. The van der Waals surface area contributed by atoms with Gasteiger partial charge in [-0.3, -0.25) is 9.59 Å². The Morgan fingerprint density at radius 3 is 2.34 bits per heavy atom. The second kappa shape index (κ2) is 10.6. The average molecular weight is 477 g/mol. The van der Waals surface area contributed by atoms with Crippen LogP contribution in [0.2, 0.25) is 0 Å². The average Bonchev–Trinajstić information content (AvgIpc) is 3.48. The zero-order chi connectivity index (χ0) is 24.9. The normalized spacial score (nSPS) is 19.0. The summed E-state index contributed by atoms with van der Waals surface area (Å²) in [5.74, 6) is 3.16. The Labute approximate surface area is 204 Å². The number of benzene rings is 2. The first-order chi connectivity index (χ1) is 16.9. The van der Waals surface area contributed by atoms with E-state index in [-0.39, 0.29) is 32.2 Å². The molecule has 182 valence electrons. The molecule has 35 heavy (non-hydrogen) atoms. The van der Waals surface area contributed by atoms with Crippen molar-refractivity contribution < 1.29 is 29.0 Å². The number of alkyl carbamates (subject to hydrolysis) is 1. The number of nitrogens with one attached hydrogen (secondary N) is 1. The third-order valence-corrected chi connectivity index (χ3v) is 6.63. The number of amides is 2. The number of fused-ring (bicyclic) bond motifs is 3. The van der Waals surface area contributed by atoms with Gasteiger partial charge in [-0.25, -0.2) is 4.79 Å². The molecule has 1 fully saturated rings. The van der Waals surface area contributed by atoms with Gasteiger partial charge in [-0.1, -0.05) is 48.5 Å². The van der Waals surface area contributed by atoms with E-state index in [1.807, 2.05) is 36.4 Å². The molecule has 3 atom stereocenters. The van der Waals surface area contributed by atoms with Crippen molar-refractivity contribution in [1.82, 2.24) is 10.2 Å². The lowest BCUT2D eigenvalue weighted by molar-refractivity contribution is -0.145. The van der Waals surface area contributed by atoms with E-state index in [2.05, 4.69) is 29.3 Å². The summed E-state index contributed by atoms with van der Waals surface area (Å²) < 4.78 is 10.9. The quantitative estimate of drug-likeness (QED) is 0.596. The van der Waals surface area contributed by atoms with E-state index >= 15 is 0 Å². The SMILES string of the molecule is CC#CCC(NC(=O)OCC1c2ccccc2-c2ccccc21)C(=O)N(C)C1COCC1C(=O)O. The van der Waals surface area contributed by atoms with Gasteiger partial charge in [-0.2, -0.15) is 0 Å². The molecule has 4 rings (SSSR count). The largest absolute Gasteiger partial charge is 0.481 e. The molecule has 8 nitrogen and oxygen atoms in total. The van der Waals surface area contributed by atoms with E-state index in [0.29, 0.717) is 0 Å². The lowest BCUT2D eigenvalue weighted by atomic mass is 9.98. The minimum absolute atomic E-state index is 0.0386. The number of carbonyl (C=O) groups is 3. The molecule has 2 amide bonds. The van der Waals surface area contributed by atoms with Crippen molar-refractivity contribution in [2.75, 3.05) is 26.9 Å². The second-order valence-corrected chi connectivity index (χ2v) is 8.65. The minimum Gasteiger partial charge on any atom is -0.481 e. The number of nitrogens with zero attached hydrogens (tertiary/aromatic N) is 1. The molecule has 2 aromatic carbocycles. The van der Waals surface area contributed by atoms with Crippen molar-refractivity contribution in [2.24, 2.45) is 5.92 Å². The van der Waals surface area contributed by atoms with Crippen molar-refractivity contribution in [2.45, 2.75) is 31.3 Å². The summed E-state index contributed by atoms with van der Waals surface area (Å²) in [5.41, 5.74) is 4.42. The molecular weight excluding hydrogens is 448 g/mol. The van der Waals surface area contributed by atoms with Gasteiger partial charge in [-0.05, 0) is 29.2 Å². The van der Waals surface area contributed by atoms with Gasteiger partial charge in [0.2, 0.25) is 5.91 Å². The molecule has 1 saturated heterocycles. The first-order valence-corrected chi connectivity index (χ1v) is 11.5. The highest BCUT2D eigenvalue weighted by Crippen LogP contribution is 2.44. The molecule has 8 heteroatoms. The Balaban J connectivity index is 1.43. The van der Waals surface area contributed by atoms with Gasteiger partial charge in [0.25, 0.3) is 0 Å². The molecule has 1 heterocycles. The molecule has 3 unspecified atom stereocenters. The van der Waals surface area contributed by atoms with Crippen LogP contribution in [0.3, 0.4) is 0 Å². The first kappa shape index (κ1) is 24.3. The fraction of sp³-hybridized carbons (Fsp3) is 0.370. The fourth-order valence-corrected chi connectivity index (χ4v) is 4.76. The van der Waals surface area contributed by atoms with Crippen LogP contribution in [0.25, 0.3) is 11.1 Å². The number of carbonyl (C=O) groups excluding carboxylic acids is 2. The number of hydrogen-bond acceptors (Lipinski definition) is 5. The summed E-state index contributed by atoms with van der Waals surface area (Å²) in [6, 6.07) is 14.5. The van der Waals surface area contributed by atoms with Crippen molar-refractivity contribution in [1.29, 1.82) is 0 Å². The number of rotatable bonds is 7. The highest BCUT2D eigenvalue weighted by molar-refractivity contribution is 5.87. The zero-order valence-corrected chi connectivity index (χ0v) is 19.7. The van der Waals surface area contributed by atoms with Crippen LogP contribution in [0, 0.1) is 17.8 Å². The number of carboxylic acids is 1. The van der Waals surface area contributed by atoms with Crippen LogP contribution in [0.5, 0.6) is 0 Å². The summed E-state index contributed by atoms with van der Waals surface area (Å²) in [6.07, 6.45) is -0.649. The van der Waals surface area contributed by atoms with E-state index in [9.17, 15) is 19.5 Å². The third-order valence-electron chi connectivity index (χ3n) is 6.63. The van der Waals surface area contributed by atoms with Crippen LogP contribution < -0.4 is 5.32 Å². The van der Waals surface area contributed by atoms with Gasteiger partial charge in [0.15, 0.2) is 0 Å². The van der Waals surface area contributed by atoms with Gasteiger partial charge in [0, 0.05) is 19.4 Å². The number of aliphatic carboxylic acids is 1. The molecule has 0 radical (unpaired) electrons. The van der Waals surface area contributed by atoms with Crippen LogP contribution in [0.1, 0.15) is 30.4 Å². The van der Waals surface area contributed by atoms with Crippen LogP contribution in [0.15, 0.2) is 48.5 Å². The molecule has 2 N–H and O–H groups in total. The Hall–Kier alpha value is -3.83. The Morgan fingerprint density at radius 2 is 1.74 bits per heavy atom. The molecule has 0 saturated carbocycles. The number of carboxylic acid groups (broad SMARTS) is 1. The van der Waals surface area contributed by atoms with Crippen molar-refractivity contribution in [3.63, 3.8) is 0 Å². The summed E-state index contributed by atoms with van der Waals surface area (Å²) in [7, 11) is 1.52. The standard InChI is InChI=1S/C27H28N2O6/c1-3-4-13-23(25(30)29(2)24-16-34-14-22(24)26(31)32)28-27(33)35-15-21-19-11-7-5-9-17(19)18-10-6-8-12-20(18)21/h5-12,21-24H,13-16H2,1-2H3,(H,28,33)(H,31,32). The van der Waals surface area contributed by atoms with Gasteiger partial charge in [0.1, 0.15) is 18.6 Å². The Bertz CT molecular complexity index is 1140. The predicted octanol–water partition coefficient (Wildman–Crippen LogP) is 2.87. The summed E-state index contributed by atoms with van der Waals surface area (Å²) in [5, 5.41) is 12.1. The minimum atomic E-state index is -1.03. The molecule has 0 spiro atoms. The van der Waals surface area contributed by atoms with Crippen molar-refractivity contribution in [3.8, 4) is 23.0 Å². The molecule has 0 aromatic heterocycles. The molecular formula is C27H28N2O6. The number of hydrogen-bond donors (Lipinski definition) is 2. The van der Waals surface area contributed by atoms with E-state index in [1.165, 1.54) is 11.9 Å². The van der Waals surface area contributed by atoms with Crippen molar-refractivity contribution in [3.05, 3.63) is 59.7 Å². The van der Waals surface area contributed by atoms with Gasteiger partial charge >= 0.3 is 12.1 Å². The van der Waals surface area contributed by atoms with Crippen molar-refractivity contribution >= 4 is 18.0 Å². The van der Waals surface area contributed by atoms with Crippen LogP contribution in [-0.2, 0) is 19.1 Å². The topological polar surface area (TPSA) is 105 Å². The highest BCUT2D eigenvalue weighted by atomic mass is 16.5. The maximum Gasteiger partial charge on any atom is 0.407 e. The van der Waals surface area contributed by atoms with Crippen LogP contribution in [0.4, 0.5) is 4.79 Å². The van der Waals surface area contributed by atoms with E-state index in [1.54, 1.807) is 6.92 Å². The number of ether oxygens (including phenoxy) is 2.